The number of carbonyl (C=O) groups is 2. The molecule has 9 nitrogen and oxygen atoms in total. The topological polar surface area (TPSA) is 109 Å². The van der Waals surface area contributed by atoms with Gasteiger partial charge in [-0.2, -0.15) is 5.10 Å². The van der Waals surface area contributed by atoms with Gasteiger partial charge in [0, 0.05) is 30.5 Å². The summed E-state index contributed by atoms with van der Waals surface area (Å²) in [5.41, 5.74) is 0.413. The first-order chi connectivity index (χ1) is 14.6. The van der Waals surface area contributed by atoms with Crippen molar-refractivity contribution in [1.82, 2.24) is 25.4 Å². The molecule has 1 aromatic heterocycles. The molecule has 2 aliphatic rings. The lowest BCUT2D eigenvalue weighted by Gasteiger charge is -2.31. The van der Waals surface area contributed by atoms with Gasteiger partial charge in [-0.05, 0) is 43.9 Å². The Balaban J connectivity index is 1.26. The molecule has 4 rings (SSSR count). The number of methoxy groups -OCH3 is 2. The molecular formula is C21H27N5O4. The highest BCUT2D eigenvalue weighted by atomic mass is 16.5. The quantitative estimate of drug-likeness (QED) is 0.717. The van der Waals surface area contributed by atoms with E-state index in [0.29, 0.717) is 42.0 Å². The number of aromatic amines is 1. The van der Waals surface area contributed by atoms with Crippen LogP contribution in [0.3, 0.4) is 0 Å². The van der Waals surface area contributed by atoms with Crippen molar-refractivity contribution in [1.29, 1.82) is 0 Å². The van der Waals surface area contributed by atoms with E-state index in [2.05, 4.69) is 20.5 Å². The lowest BCUT2D eigenvalue weighted by Crippen LogP contribution is -2.43. The molecule has 2 aromatic rings. The third kappa shape index (κ3) is 4.39. The molecule has 0 atom stereocenters. The number of hydrogen-bond acceptors (Lipinski definition) is 6. The summed E-state index contributed by atoms with van der Waals surface area (Å²) >= 11 is 0. The van der Waals surface area contributed by atoms with Crippen LogP contribution in [0.4, 0.5) is 0 Å². The van der Waals surface area contributed by atoms with Gasteiger partial charge in [-0.15, -0.1) is 0 Å². The number of piperidine rings is 1. The minimum Gasteiger partial charge on any atom is -0.493 e. The Morgan fingerprint density at radius 1 is 1.10 bits per heavy atom. The summed E-state index contributed by atoms with van der Waals surface area (Å²) in [5.74, 6) is 3.31. The van der Waals surface area contributed by atoms with Gasteiger partial charge in [-0.3, -0.25) is 14.7 Å². The van der Waals surface area contributed by atoms with Gasteiger partial charge >= 0.3 is 0 Å². The lowest BCUT2D eigenvalue weighted by molar-refractivity contribution is -0.131. The van der Waals surface area contributed by atoms with Crippen molar-refractivity contribution in [3.63, 3.8) is 0 Å². The SMILES string of the molecule is COc1ccc(C(=O)NCC(=O)N2CCC(c3nc(C4CC4)n[nH]3)CC2)cc1OC. The third-order valence-corrected chi connectivity index (χ3v) is 5.74. The minimum atomic E-state index is -0.326. The maximum Gasteiger partial charge on any atom is 0.251 e. The van der Waals surface area contributed by atoms with Crippen molar-refractivity contribution in [2.75, 3.05) is 33.9 Å². The largest absolute Gasteiger partial charge is 0.493 e. The Labute approximate surface area is 175 Å². The van der Waals surface area contributed by atoms with E-state index in [9.17, 15) is 9.59 Å². The number of benzene rings is 1. The highest BCUT2D eigenvalue weighted by Gasteiger charge is 2.30. The van der Waals surface area contributed by atoms with Crippen LogP contribution in [-0.2, 0) is 4.79 Å². The smallest absolute Gasteiger partial charge is 0.251 e. The molecule has 1 aromatic carbocycles. The Morgan fingerprint density at radius 3 is 2.50 bits per heavy atom. The average Bonchev–Trinajstić information content (AvgIpc) is 3.53. The fraction of sp³-hybridized carbons (Fsp3) is 0.524. The van der Waals surface area contributed by atoms with Gasteiger partial charge in [0.1, 0.15) is 5.82 Å². The zero-order chi connectivity index (χ0) is 21.1. The first-order valence-electron chi connectivity index (χ1n) is 10.3. The predicted octanol–water partition coefficient (Wildman–Crippen LogP) is 1.84. The molecule has 0 bridgehead atoms. The molecule has 0 spiro atoms. The Hall–Kier alpha value is -3.10. The number of likely N-dealkylation sites (tertiary alicyclic amines) is 1. The molecule has 1 aliphatic carbocycles. The molecule has 1 aliphatic heterocycles. The Bertz CT molecular complexity index is 916. The van der Waals surface area contributed by atoms with Gasteiger partial charge in [0.15, 0.2) is 17.3 Å². The summed E-state index contributed by atoms with van der Waals surface area (Å²) in [6.45, 7) is 1.26. The monoisotopic (exact) mass is 413 g/mol. The Kier molecular flexibility index (Phi) is 5.87. The fourth-order valence-electron chi connectivity index (χ4n) is 3.74. The van der Waals surface area contributed by atoms with Crippen molar-refractivity contribution in [2.24, 2.45) is 0 Å². The van der Waals surface area contributed by atoms with Crippen LogP contribution in [0.2, 0.25) is 0 Å². The molecular weight excluding hydrogens is 386 g/mol. The average molecular weight is 413 g/mol. The van der Waals surface area contributed by atoms with Crippen molar-refractivity contribution in [3.8, 4) is 11.5 Å². The summed E-state index contributed by atoms with van der Waals surface area (Å²) in [6.07, 6.45) is 4.04. The van der Waals surface area contributed by atoms with Crippen molar-refractivity contribution in [2.45, 2.75) is 37.5 Å². The standard InChI is InChI=1S/C21H27N5O4/c1-29-16-6-5-15(11-17(16)30-2)21(28)22-12-18(27)26-9-7-14(8-10-26)20-23-19(24-25-20)13-3-4-13/h5-6,11,13-14H,3-4,7-10,12H2,1-2H3,(H,22,28)(H,23,24,25). The van der Waals surface area contributed by atoms with Crippen LogP contribution in [0.15, 0.2) is 18.2 Å². The van der Waals surface area contributed by atoms with E-state index in [1.54, 1.807) is 23.1 Å². The van der Waals surface area contributed by atoms with Crippen LogP contribution in [0.1, 0.15) is 59.5 Å². The number of hydrogen-bond donors (Lipinski definition) is 2. The minimum absolute atomic E-state index is 0.0357. The van der Waals surface area contributed by atoms with E-state index in [4.69, 9.17) is 9.47 Å². The second-order valence-corrected chi connectivity index (χ2v) is 7.76. The summed E-state index contributed by atoms with van der Waals surface area (Å²) in [5, 5.41) is 10.1. The van der Waals surface area contributed by atoms with Crippen LogP contribution in [0.25, 0.3) is 0 Å². The molecule has 9 heteroatoms. The van der Waals surface area contributed by atoms with Crippen LogP contribution in [0, 0.1) is 0 Å². The highest BCUT2D eigenvalue weighted by Crippen LogP contribution is 2.38. The van der Waals surface area contributed by atoms with Crippen LogP contribution in [-0.4, -0.2) is 65.7 Å². The first kappa shape index (κ1) is 20.2. The van der Waals surface area contributed by atoms with E-state index in [1.807, 2.05) is 0 Å². The Morgan fingerprint density at radius 2 is 1.83 bits per heavy atom. The van der Waals surface area contributed by atoms with E-state index in [-0.39, 0.29) is 18.4 Å². The van der Waals surface area contributed by atoms with Gasteiger partial charge in [-0.1, -0.05) is 0 Å². The van der Waals surface area contributed by atoms with Crippen molar-refractivity contribution in [3.05, 3.63) is 35.4 Å². The zero-order valence-electron chi connectivity index (χ0n) is 17.3. The zero-order valence-corrected chi connectivity index (χ0v) is 17.3. The van der Waals surface area contributed by atoms with E-state index < -0.39 is 0 Å². The molecule has 0 radical (unpaired) electrons. The summed E-state index contributed by atoms with van der Waals surface area (Å²) in [4.78, 5) is 31.4. The molecule has 2 N–H and O–H groups in total. The summed E-state index contributed by atoms with van der Waals surface area (Å²) in [6, 6.07) is 4.90. The highest BCUT2D eigenvalue weighted by molar-refractivity contribution is 5.97. The van der Waals surface area contributed by atoms with Gasteiger partial charge < -0.3 is 19.7 Å². The molecule has 30 heavy (non-hydrogen) atoms. The predicted molar refractivity (Wildman–Crippen MR) is 109 cm³/mol. The van der Waals surface area contributed by atoms with Gasteiger partial charge in [0.05, 0.1) is 20.8 Å². The maximum atomic E-state index is 12.5. The number of amides is 2. The number of H-pyrrole nitrogens is 1. The van der Waals surface area contributed by atoms with E-state index in [0.717, 1.165) is 24.5 Å². The van der Waals surface area contributed by atoms with Crippen LogP contribution in [0.5, 0.6) is 11.5 Å². The lowest BCUT2D eigenvalue weighted by atomic mass is 9.96. The molecule has 2 fully saturated rings. The molecule has 160 valence electrons. The first-order valence-corrected chi connectivity index (χ1v) is 10.3. The van der Waals surface area contributed by atoms with E-state index >= 15 is 0 Å². The summed E-state index contributed by atoms with van der Waals surface area (Å²) in [7, 11) is 3.05. The van der Waals surface area contributed by atoms with Crippen LogP contribution >= 0.6 is 0 Å². The number of ether oxygens (including phenoxy) is 2. The maximum absolute atomic E-state index is 12.5. The second kappa shape index (κ2) is 8.73. The van der Waals surface area contributed by atoms with Crippen molar-refractivity contribution < 1.29 is 19.1 Å². The van der Waals surface area contributed by atoms with Crippen molar-refractivity contribution >= 4 is 11.8 Å². The van der Waals surface area contributed by atoms with Gasteiger partial charge in [-0.25, -0.2) is 4.98 Å². The third-order valence-electron chi connectivity index (χ3n) is 5.74. The normalized spacial score (nSPS) is 16.9. The van der Waals surface area contributed by atoms with Gasteiger partial charge in [0.25, 0.3) is 5.91 Å². The number of carbonyl (C=O) groups excluding carboxylic acids is 2. The van der Waals surface area contributed by atoms with Crippen LogP contribution < -0.4 is 14.8 Å². The number of aromatic nitrogens is 3. The number of nitrogens with one attached hydrogen (secondary N) is 2. The van der Waals surface area contributed by atoms with E-state index in [1.165, 1.54) is 27.1 Å². The number of rotatable bonds is 7. The summed E-state index contributed by atoms with van der Waals surface area (Å²) < 4.78 is 10.4. The molecule has 1 saturated carbocycles. The molecule has 2 heterocycles. The second-order valence-electron chi connectivity index (χ2n) is 7.76. The fourth-order valence-corrected chi connectivity index (χ4v) is 3.74. The van der Waals surface area contributed by atoms with Gasteiger partial charge in [0.2, 0.25) is 5.91 Å². The molecule has 2 amide bonds. The number of nitrogens with zero attached hydrogens (tertiary/aromatic N) is 3. The molecule has 0 unspecified atom stereocenters. The molecule has 1 saturated heterocycles.